The Morgan fingerprint density at radius 3 is 2.79 bits per heavy atom. The van der Waals surface area contributed by atoms with Gasteiger partial charge >= 0.3 is 0 Å². The third kappa shape index (κ3) is 1.61. The van der Waals surface area contributed by atoms with E-state index in [1.54, 1.807) is 24.1 Å². The molecule has 72 valence electrons. The number of nitrogens with zero attached hydrogens (tertiary/aromatic N) is 3. The Bertz CT molecular complexity index is 467. The monoisotopic (exact) mass is 211 g/mol. The number of benzene rings is 1. The normalized spacial score (nSPS) is 10.5. The first-order valence-corrected chi connectivity index (χ1v) is 4.35. The molecule has 0 spiro atoms. The summed E-state index contributed by atoms with van der Waals surface area (Å²) in [5, 5.41) is 4.15. The van der Waals surface area contributed by atoms with Gasteiger partial charge in [-0.05, 0) is 18.2 Å². The molecule has 0 bridgehead atoms. The van der Waals surface area contributed by atoms with Crippen molar-refractivity contribution in [3.8, 4) is 11.4 Å². The summed E-state index contributed by atoms with van der Waals surface area (Å²) in [6, 6.07) is 4.49. The third-order valence-corrected chi connectivity index (χ3v) is 2.08. The average molecular weight is 212 g/mol. The second-order valence-corrected chi connectivity index (χ2v) is 3.28. The summed E-state index contributed by atoms with van der Waals surface area (Å²) < 4.78 is 14.6. The van der Waals surface area contributed by atoms with E-state index in [4.69, 9.17) is 11.6 Å². The van der Waals surface area contributed by atoms with Crippen molar-refractivity contribution in [3.63, 3.8) is 0 Å². The van der Waals surface area contributed by atoms with Crippen molar-refractivity contribution in [2.24, 2.45) is 7.05 Å². The summed E-state index contributed by atoms with van der Waals surface area (Å²) in [6.07, 6.45) is 1.56. The van der Waals surface area contributed by atoms with Gasteiger partial charge in [-0.1, -0.05) is 11.6 Å². The fourth-order valence-electron chi connectivity index (χ4n) is 1.11. The highest BCUT2D eigenvalue weighted by Crippen LogP contribution is 2.21. The van der Waals surface area contributed by atoms with E-state index in [1.165, 1.54) is 12.1 Å². The van der Waals surface area contributed by atoms with Crippen molar-refractivity contribution in [2.75, 3.05) is 0 Å². The van der Waals surface area contributed by atoms with Crippen LogP contribution in [0.15, 0.2) is 24.5 Å². The number of aromatic nitrogens is 3. The maximum absolute atomic E-state index is 13.1. The van der Waals surface area contributed by atoms with Gasteiger partial charge in [-0.15, -0.1) is 0 Å². The molecule has 1 heterocycles. The van der Waals surface area contributed by atoms with Crippen molar-refractivity contribution in [2.45, 2.75) is 0 Å². The molecule has 0 aliphatic rings. The Labute approximate surface area is 85.1 Å². The van der Waals surface area contributed by atoms with E-state index in [2.05, 4.69) is 10.1 Å². The zero-order chi connectivity index (χ0) is 10.1. The Kier molecular flexibility index (Phi) is 2.21. The minimum Gasteiger partial charge on any atom is -0.255 e. The molecular weight excluding hydrogens is 205 g/mol. The van der Waals surface area contributed by atoms with E-state index in [0.717, 1.165) is 0 Å². The number of aryl methyl sites for hydroxylation is 1. The lowest BCUT2D eigenvalue weighted by atomic mass is 10.2. The highest BCUT2D eigenvalue weighted by Gasteiger charge is 2.06. The van der Waals surface area contributed by atoms with Gasteiger partial charge in [0.1, 0.15) is 12.1 Å². The van der Waals surface area contributed by atoms with Crippen molar-refractivity contribution >= 4 is 11.6 Å². The van der Waals surface area contributed by atoms with E-state index < -0.39 is 5.82 Å². The van der Waals surface area contributed by atoms with E-state index >= 15 is 0 Å². The third-order valence-electron chi connectivity index (χ3n) is 1.78. The lowest BCUT2D eigenvalue weighted by Crippen LogP contribution is -1.88. The van der Waals surface area contributed by atoms with Gasteiger partial charge in [-0.25, -0.2) is 9.37 Å². The molecule has 0 atom stereocenters. The number of hydrogen-bond donors (Lipinski definition) is 0. The number of hydrogen-bond acceptors (Lipinski definition) is 2. The minimum absolute atomic E-state index is 0.102. The van der Waals surface area contributed by atoms with Crippen molar-refractivity contribution < 1.29 is 4.39 Å². The van der Waals surface area contributed by atoms with Gasteiger partial charge in [-0.2, -0.15) is 5.10 Å². The van der Waals surface area contributed by atoms with Crippen LogP contribution >= 0.6 is 11.6 Å². The first-order valence-electron chi connectivity index (χ1n) is 3.98. The molecule has 0 N–H and O–H groups in total. The molecule has 0 aliphatic heterocycles. The molecule has 0 saturated carbocycles. The summed E-state index contributed by atoms with van der Waals surface area (Å²) in [7, 11) is 1.75. The Morgan fingerprint density at radius 1 is 1.43 bits per heavy atom. The molecule has 0 fully saturated rings. The highest BCUT2D eigenvalue weighted by molar-refractivity contribution is 6.30. The SMILES string of the molecule is Cn1cnc(-c2ccc(Cl)c(F)c2)n1. The van der Waals surface area contributed by atoms with Crippen molar-refractivity contribution in [3.05, 3.63) is 35.4 Å². The summed E-state index contributed by atoms with van der Waals surface area (Å²) in [4.78, 5) is 4.00. The topological polar surface area (TPSA) is 30.7 Å². The van der Waals surface area contributed by atoms with Crippen molar-refractivity contribution in [1.29, 1.82) is 0 Å². The Balaban J connectivity index is 2.47. The van der Waals surface area contributed by atoms with Crippen LogP contribution in [0.5, 0.6) is 0 Å². The van der Waals surface area contributed by atoms with E-state index in [9.17, 15) is 4.39 Å². The summed E-state index contributed by atoms with van der Waals surface area (Å²) >= 11 is 5.55. The molecule has 1 aromatic heterocycles. The van der Waals surface area contributed by atoms with Crippen LogP contribution in [0.25, 0.3) is 11.4 Å². The molecule has 2 aromatic rings. The lowest BCUT2D eigenvalue weighted by Gasteiger charge is -1.96. The molecule has 2 rings (SSSR count). The van der Waals surface area contributed by atoms with Crippen LogP contribution < -0.4 is 0 Å². The number of rotatable bonds is 1. The van der Waals surface area contributed by atoms with Crippen molar-refractivity contribution in [1.82, 2.24) is 14.8 Å². The standard InChI is InChI=1S/C9H7ClFN3/c1-14-5-12-9(13-14)6-2-3-7(10)8(11)4-6/h2-5H,1H3. The molecular formula is C9H7ClFN3. The van der Waals surface area contributed by atoms with Gasteiger partial charge in [0.2, 0.25) is 0 Å². The summed E-state index contributed by atoms with van der Waals surface area (Å²) in [5.74, 6) is 0.0275. The largest absolute Gasteiger partial charge is 0.255 e. The molecule has 3 nitrogen and oxygen atoms in total. The van der Waals surface area contributed by atoms with E-state index in [1.807, 2.05) is 0 Å². The van der Waals surface area contributed by atoms with Gasteiger partial charge in [0.05, 0.1) is 5.02 Å². The quantitative estimate of drug-likeness (QED) is 0.725. The van der Waals surface area contributed by atoms with Gasteiger partial charge in [0.15, 0.2) is 5.82 Å². The Hall–Kier alpha value is -1.42. The van der Waals surface area contributed by atoms with E-state index in [-0.39, 0.29) is 5.02 Å². The zero-order valence-electron chi connectivity index (χ0n) is 7.41. The van der Waals surface area contributed by atoms with E-state index in [0.29, 0.717) is 11.4 Å². The molecule has 5 heteroatoms. The Morgan fingerprint density at radius 2 is 2.21 bits per heavy atom. The molecule has 0 saturated heterocycles. The van der Waals surface area contributed by atoms with Crippen LogP contribution in [0.1, 0.15) is 0 Å². The smallest absolute Gasteiger partial charge is 0.181 e. The zero-order valence-corrected chi connectivity index (χ0v) is 8.16. The molecule has 1 aromatic carbocycles. The van der Waals surface area contributed by atoms with Crippen LogP contribution in [-0.2, 0) is 7.05 Å². The fraction of sp³-hybridized carbons (Fsp3) is 0.111. The first-order chi connectivity index (χ1) is 6.66. The molecule has 0 unspecified atom stereocenters. The summed E-state index contributed by atoms with van der Waals surface area (Å²) in [5.41, 5.74) is 0.618. The predicted molar refractivity (Wildman–Crippen MR) is 51.4 cm³/mol. The molecule has 14 heavy (non-hydrogen) atoms. The summed E-state index contributed by atoms with van der Waals surface area (Å²) in [6.45, 7) is 0. The van der Waals surface area contributed by atoms with Gasteiger partial charge in [-0.3, -0.25) is 4.68 Å². The van der Waals surface area contributed by atoms with Gasteiger partial charge in [0.25, 0.3) is 0 Å². The van der Waals surface area contributed by atoms with Gasteiger partial charge in [0, 0.05) is 12.6 Å². The minimum atomic E-state index is -0.461. The second kappa shape index (κ2) is 3.38. The number of halogens is 2. The molecule has 0 aliphatic carbocycles. The maximum Gasteiger partial charge on any atom is 0.181 e. The fourth-order valence-corrected chi connectivity index (χ4v) is 1.22. The molecule has 0 radical (unpaired) electrons. The van der Waals surface area contributed by atoms with Crippen LogP contribution in [-0.4, -0.2) is 14.8 Å². The molecule has 0 amide bonds. The predicted octanol–water partition coefficient (Wildman–Crippen LogP) is 2.27. The average Bonchev–Trinajstić information content (AvgIpc) is 2.57. The highest BCUT2D eigenvalue weighted by atomic mass is 35.5. The van der Waals surface area contributed by atoms with Crippen LogP contribution in [0.4, 0.5) is 4.39 Å². The van der Waals surface area contributed by atoms with Gasteiger partial charge < -0.3 is 0 Å². The van der Waals surface area contributed by atoms with Crippen LogP contribution in [0, 0.1) is 5.82 Å². The first kappa shape index (κ1) is 9.15. The van der Waals surface area contributed by atoms with Crippen LogP contribution in [0.3, 0.4) is 0 Å². The lowest BCUT2D eigenvalue weighted by molar-refractivity contribution is 0.628. The maximum atomic E-state index is 13.1. The second-order valence-electron chi connectivity index (χ2n) is 2.87. The van der Waals surface area contributed by atoms with Crippen LogP contribution in [0.2, 0.25) is 5.02 Å².